The van der Waals surface area contributed by atoms with Crippen molar-refractivity contribution in [2.75, 3.05) is 0 Å². The highest BCUT2D eigenvalue weighted by atomic mass is 19.1. The van der Waals surface area contributed by atoms with Gasteiger partial charge in [-0.25, -0.2) is 4.98 Å². The van der Waals surface area contributed by atoms with Crippen LogP contribution in [0.2, 0.25) is 0 Å². The van der Waals surface area contributed by atoms with E-state index in [0.29, 0.717) is 6.42 Å². The van der Waals surface area contributed by atoms with Crippen LogP contribution in [0.3, 0.4) is 0 Å². The number of halogens is 1. The quantitative estimate of drug-likeness (QED) is 0.702. The maximum Gasteiger partial charge on any atom is 0.307 e. The fourth-order valence-electron chi connectivity index (χ4n) is 1.44. The van der Waals surface area contributed by atoms with Gasteiger partial charge >= 0.3 is 5.97 Å². The Balaban J connectivity index is 2.12. The van der Waals surface area contributed by atoms with Crippen LogP contribution >= 0.6 is 0 Å². The van der Waals surface area contributed by atoms with E-state index in [1.54, 1.807) is 6.07 Å². The van der Waals surface area contributed by atoms with E-state index < -0.39 is 11.9 Å². The van der Waals surface area contributed by atoms with Gasteiger partial charge in [0.05, 0.1) is 5.92 Å². The summed E-state index contributed by atoms with van der Waals surface area (Å²) in [7, 11) is 0. The lowest BCUT2D eigenvalue weighted by Crippen LogP contribution is -1.99. The number of nitrogens with zero attached hydrogens (tertiary/aromatic N) is 1. The number of aliphatic carboxylic acids is 1. The highest BCUT2D eigenvalue weighted by Gasteiger charge is 2.44. The molecule has 1 aromatic rings. The first kappa shape index (κ1) is 8.16. The molecule has 3 nitrogen and oxygen atoms in total. The molecule has 0 aliphatic heterocycles. The fraction of sp³-hybridized carbons (Fsp3) is 0.333. The van der Waals surface area contributed by atoms with Crippen LogP contribution in [0.4, 0.5) is 4.39 Å². The summed E-state index contributed by atoms with van der Waals surface area (Å²) in [6, 6.07) is 2.85. The third-order valence-corrected chi connectivity index (χ3v) is 2.29. The van der Waals surface area contributed by atoms with Crippen LogP contribution in [0.15, 0.2) is 18.3 Å². The van der Waals surface area contributed by atoms with Crippen LogP contribution in [-0.4, -0.2) is 16.1 Å². The molecular formula is C9H8FNO2. The molecule has 2 atom stereocenters. The maximum atomic E-state index is 12.4. The third-order valence-electron chi connectivity index (χ3n) is 2.29. The molecule has 1 N–H and O–H groups in total. The Morgan fingerprint density at radius 3 is 2.85 bits per heavy atom. The predicted octanol–water partition coefficient (Wildman–Crippen LogP) is 1.41. The second kappa shape index (κ2) is 2.80. The van der Waals surface area contributed by atoms with Crippen LogP contribution in [-0.2, 0) is 4.79 Å². The van der Waals surface area contributed by atoms with Gasteiger partial charge in [-0.2, -0.15) is 4.39 Å². The van der Waals surface area contributed by atoms with Crippen molar-refractivity contribution in [3.05, 3.63) is 29.8 Å². The average Bonchev–Trinajstić information content (AvgIpc) is 2.85. The average molecular weight is 181 g/mol. The van der Waals surface area contributed by atoms with Crippen LogP contribution in [0, 0.1) is 11.9 Å². The zero-order valence-electron chi connectivity index (χ0n) is 6.77. The molecule has 0 saturated heterocycles. The van der Waals surface area contributed by atoms with Crippen LogP contribution in [0.25, 0.3) is 0 Å². The number of rotatable bonds is 2. The molecule has 0 spiro atoms. The van der Waals surface area contributed by atoms with Gasteiger partial charge in [0, 0.05) is 6.20 Å². The lowest BCUT2D eigenvalue weighted by atomic mass is 10.1. The summed E-state index contributed by atoms with van der Waals surface area (Å²) in [5, 5.41) is 8.65. The molecule has 0 aromatic carbocycles. The summed E-state index contributed by atoms with van der Waals surface area (Å²) in [5.74, 6) is -1.58. The summed E-state index contributed by atoms with van der Waals surface area (Å²) in [4.78, 5) is 14.0. The van der Waals surface area contributed by atoms with E-state index in [9.17, 15) is 9.18 Å². The van der Waals surface area contributed by atoms with Crippen molar-refractivity contribution in [3.63, 3.8) is 0 Å². The summed E-state index contributed by atoms with van der Waals surface area (Å²) < 4.78 is 12.4. The Morgan fingerprint density at radius 2 is 2.38 bits per heavy atom. The third kappa shape index (κ3) is 1.52. The van der Waals surface area contributed by atoms with Crippen molar-refractivity contribution < 1.29 is 14.3 Å². The number of hydrogen-bond donors (Lipinski definition) is 1. The number of hydrogen-bond acceptors (Lipinski definition) is 2. The highest BCUT2D eigenvalue weighted by molar-refractivity contribution is 5.75. The fourth-order valence-corrected chi connectivity index (χ4v) is 1.44. The number of carboxylic acid groups (broad SMARTS) is 1. The Morgan fingerprint density at radius 1 is 1.62 bits per heavy atom. The zero-order chi connectivity index (χ0) is 9.42. The Bertz CT molecular complexity index is 336. The standard InChI is InChI=1S/C9H8FNO2/c10-8-2-1-5(4-11-8)6-3-7(6)9(12)13/h1-2,4,6-7H,3H2,(H,12,13)/t6-,7+/m1/s1. The van der Waals surface area contributed by atoms with Crippen molar-refractivity contribution in [3.8, 4) is 0 Å². The lowest BCUT2D eigenvalue weighted by Gasteiger charge is -1.96. The molecule has 13 heavy (non-hydrogen) atoms. The largest absolute Gasteiger partial charge is 0.481 e. The van der Waals surface area contributed by atoms with Gasteiger partial charge in [-0.05, 0) is 24.0 Å². The first-order valence-corrected chi connectivity index (χ1v) is 4.03. The molecular weight excluding hydrogens is 173 g/mol. The summed E-state index contributed by atoms with van der Waals surface area (Å²) in [5.41, 5.74) is 0.814. The predicted molar refractivity (Wildman–Crippen MR) is 42.7 cm³/mol. The lowest BCUT2D eigenvalue weighted by molar-refractivity contribution is -0.138. The van der Waals surface area contributed by atoms with Gasteiger partial charge in [0.1, 0.15) is 0 Å². The van der Waals surface area contributed by atoms with Gasteiger partial charge < -0.3 is 5.11 Å². The number of aromatic nitrogens is 1. The number of pyridine rings is 1. The van der Waals surface area contributed by atoms with E-state index >= 15 is 0 Å². The minimum Gasteiger partial charge on any atom is -0.481 e. The minimum absolute atomic E-state index is 0.0330. The summed E-state index contributed by atoms with van der Waals surface area (Å²) in [6.45, 7) is 0. The van der Waals surface area contributed by atoms with Crippen LogP contribution < -0.4 is 0 Å². The second-order valence-electron chi connectivity index (χ2n) is 3.20. The van der Waals surface area contributed by atoms with E-state index in [2.05, 4.69) is 4.98 Å². The Labute approximate surface area is 74.2 Å². The Hall–Kier alpha value is -1.45. The highest BCUT2D eigenvalue weighted by Crippen LogP contribution is 2.47. The van der Waals surface area contributed by atoms with Gasteiger partial charge in [0.2, 0.25) is 5.95 Å². The van der Waals surface area contributed by atoms with Crippen molar-refractivity contribution in [2.24, 2.45) is 5.92 Å². The molecule has 1 heterocycles. The molecule has 0 amide bonds. The molecule has 2 rings (SSSR count). The molecule has 0 bridgehead atoms. The van der Waals surface area contributed by atoms with Gasteiger partial charge in [-0.1, -0.05) is 6.07 Å². The van der Waals surface area contributed by atoms with Crippen molar-refractivity contribution in [1.82, 2.24) is 4.98 Å². The molecule has 68 valence electrons. The summed E-state index contributed by atoms with van der Waals surface area (Å²) in [6.07, 6.45) is 2.05. The molecule has 1 fully saturated rings. The SMILES string of the molecule is O=C(O)[C@H]1C[C@@H]1c1ccc(F)nc1. The molecule has 1 saturated carbocycles. The number of carbonyl (C=O) groups is 1. The van der Waals surface area contributed by atoms with Gasteiger partial charge in [0.25, 0.3) is 0 Å². The van der Waals surface area contributed by atoms with Crippen LogP contribution in [0.1, 0.15) is 17.9 Å². The van der Waals surface area contributed by atoms with E-state index in [1.807, 2.05) is 0 Å². The van der Waals surface area contributed by atoms with Crippen LogP contribution in [0.5, 0.6) is 0 Å². The second-order valence-corrected chi connectivity index (χ2v) is 3.20. The molecule has 0 radical (unpaired) electrons. The molecule has 0 unspecified atom stereocenters. The molecule has 1 aliphatic carbocycles. The van der Waals surface area contributed by atoms with E-state index in [4.69, 9.17) is 5.11 Å². The van der Waals surface area contributed by atoms with Gasteiger partial charge in [-0.15, -0.1) is 0 Å². The van der Waals surface area contributed by atoms with Gasteiger partial charge in [0.15, 0.2) is 0 Å². The monoisotopic (exact) mass is 181 g/mol. The van der Waals surface area contributed by atoms with Crippen molar-refractivity contribution in [2.45, 2.75) is 12.3 Å². The zero-order valence-corrected chi connectivity index (χ0v) is 6.77. The molecule has 4 heteroatoms. The number of carboxylic acids is 1. The van der Waals surface area contributed by atoms with E-state index in [0.717, 1.165) is 5.56 Å². The van der Waals surface area contributed by atoms with E-state index in [1.165, 1.54) is 12.3 Å². The Kier molecular flexibility index (Phi) is 1.76. The first-order chi connectivity index (χ1) is 6.18. The van der Waals surface area contributed by atoms with E-state index in [-0.39, 0.29) is 11.8 Å². The topological polar surface area (TPSA) is 50.2 Å². The maximum absolute atomic E-state index is 12.4. The first-order valence-electron chi connectivity index (χ1n) is 4.03. The molecule has 1 aromatic heterocycles. The normalized spacial score (nSPS) is 25.6. The minimum atomic E-state index is -0.783. The molecule has 1 aliphatic rings. The van der Waals surface area contributed by atoms with Crippen molar-refractivity contribution in [1.29, 1.82) is 0 Å². The smallest absolute Gasteiger partial charge is 0.307 e. The van der Waals surface area contributed by atoms with Gasteiger partial charge in [-0.3, -0.25) is 4.79 Å². The van der Waals surface area contributed by atoms with Crippen molar-refractivity contribution >= 4 is 5.97 Å². The summed E-state index contributed by atoms with van der Waals surface area (Å²) >= 11 is 0.